The maximum Gasteiger partial charge on any atom is 0.115 e. The van der Waals surface area contributed by atoms with Gasteiger partial charge in [-0.05, 0) is 38.1 Å². The Kier molecular flexibility index (Phi) is 17.8. The van der Waals surface area contributed by atoms with Crippen LogP contribution in [0.4, 0.5) is 0 Å². The molecule has 0 aliphatic rings. The van der Waals surface area contributed by atoms with Crippen molar-refractivity contribution in [2.45, 2.75) is 13.8 Å². The van der Waals surface area contributed by atoms with Crippen LogP contribution in [-0.4, -0.2) is 33.3 Å². The van der Waals surface area contributed by atoms with E-state index in [0.717, 1.165) is 12.8 Å². The first-order chi connectivity index (χ1) is 19.0. The van der Waals surface area contributed by atoms with Crippen molar-refractivity contribution in [3.05, 3.63) is 133 Å². The number of benzene rings is 4. The van der Waals surface area contributed by atoms with Gasteiger partial charge in [0, 0.05) is 33.3 Å². The summed E-state index contributed by atoms with van der Waals surface area (Å²) in [6.07, 6.45) is 2.19. The Labute approximate surface area is 253 Å². The van der Waals surface area contributed by atoms with Crippen LogP contribution in [-0.2, 0) is 31.3 Å². The van der Waals surface area contributed by atoms with Crippen molar-refractivity contribution in [2.24, 2.45) is 0 Å². The number of hydrogen-bond donors (Lipinski definition) is 2. The fourth-order valence-electron chi connectivity index (χ4n) is 2.63. The number of Topliss-reactive ketones (excluding diaryl/α,β-unsaturated/α-hetero) is 4. The molecule has 0 spiro atoms. The summed E-state index contributed by atoms with van der Waals surface area (Å²) in [6.45, 7) is 2.72. The zero-order valence-electron chi connectivity index (χ0n) is 22.4. The van der Waals surface area contributed by atoms with Gasteiger partial charge in [0.05, 0.1) is 11.6 Å². The van der Waals surface area contributed by atoms with Gasteiger partial charge >= 0.3 is 0 Å². The van der Waals surface area contributed by atoms with Crippen molar-refractivity contribution >= 4 is 23.1 Å². The molecule has 0 saturated heterocycles. The molecule has 0 aliphatic carbocycles. The van der Waals surface area contributed by atoms with Gasteiger partial charge in [0.1, 0.15) is 11.5 Å². The molecule has 9 heteroatoms. The van der Waals surface area contributed by atoms with Crippen LogP contribution in [0.5, 0.6) is 23.0 Å². The van der Waals surface area contributed by atoms with Crippen molar-refractivity contribution < 1.29 is 61.3 Å². The maximum absolute atomic E-state index is 11.2. The number of ketones is 4. The Morgan fingerprint density at radius 3 is 1.00 bits per heavy atom. The number of hydrogen-bond acceptors (Lipinski definition) is 8. The molecule has 4 aromatic rings. The molecule has 0 heterocycles. The van der Waals surface area contributed by atoms with Crippen molar-refractivity contribution in [3.8, 4) is 23.0 Å². The molecule has 41 heavy (non-hydrogen) atoms. The molecule has 0 aromatic heterocycles. The normalized spacial score (nSPS) is 8.83. The zero-order chi connectivity index (χ0) is 29.9. The van der Waals surface area contributed by atoms with Gasteiger partial charge in [0.25, 0.3) is 0 Å². The van der Waals surface area contributed by atoms with Crippen LogP contribution in [0.3, 0.4) is 0 Å². The van der Waals surface area contributed by atoms with E-state index in [1.54, 1.807) is 48.5 Å². The summed E-state index contributed by atoms with van der Waals surface area (Å²) in [7, 11) is 0. The molecule has 0 unspecified atom stereocenters. The third-order valence-electron chi connectivity index (χ3n) is 4.46. The summed E-state index contributed by atoms with van der Waals surface area (Å²) in [5.74, 6) is -0.807. The smallest absolute Gasteiger partial charge is 0.115 e. The number of carbonyl (C=O) groups is 4. The van der Waals surface area contributed by atoms with Gasteiger partial charge in [0.15, 0.2) is 0 Å². The molecule has 0 atom stereocenters. The summed E-state index contributed by atoms with van der Waals surface area (Å²) in [6, 6.07) is 28.2. The molecule has 0 bridgehead atoms. The van der Waals surface area contributed by atoms with Gasteiger partial charge in [-0.3, -0.25) is 0 Å². The Bertz CT molecular complexity index is 1190. The average Bonchev–Trinajstić information content (AvgIpc) is 2.93. The molecule has 212 valence electrons. The van der Waals surface area contributed by atoms with E-state index < -0.39 is 0 Å². The van der Waals surface area contributed by atoms with Crippen molar-refractivity contribution in [1.82, 2.24) is 0 Å². The predicted octanol–water partition coefficient (Wildman–Crippen LogP) is 4.25. The zero-order valence-corrected chi connectivity index (χ0v) is 24.0. The number of rotatable bonds is 6. The Hall–Kier alpha value is -4.79. The van der Waals surface area contributed by atoms with Crippen LogP contribution in [0.25, 0.3) is 0 Å². The van der Waals surface area contributed by atoms with E-state index in [0.29, 0.717) is 11.1 Å². The molecule has 8 nitrogen and oxygen atoms in total. The van der Waals surface area contributed by atoms with Gasteiger partial charge in [-0.25, -0.2) is 0 Å². The molecule has 0 radical (unpaired) electrons. The minimum atomic E-state index is -0.233. The second-order valence-electron chi connectivity index (χ2n) is 7.96. The monoisotopic (exact) mass is 588 g/mol. The van der Waals surface area contributed by atoms with Gasteiger partial charge in [0.2, 0.25) is 0 Å². The molecule has 0 amide bonds. The maximum atomic E-state index is 11.2. The van der Waals surface area contributed by atoms with Gasteiger partial charge in [-0.1, -0.05) is 60.7 Å². The SMILES string of the molecule is CC(=O)[CH-]C(=O)c1ccccc1.CC(=O)[CH-]C(=O)c1ccccc1.[O-]c1ccc(O)cc1.[O-]c1ccc(O)cc1.[Ti]. The summed E-state index contributed by atoms with van der Waals surface area (Å²) in [4.78, 5) is 43.5. The Balaban J connectivity index is 0.000000525. The summed E-state index contributed by atoms with van der Waals surface area (Å²) >= 11 is 0. The van der Waals surface area contributed by atoms with E-state index >= 15 is 0 Å². The summed E-state index contributed by atoms with van der Waals surface area (Å²) < 4.78 is 0. The van der Waals surface area contributed by atoms with E-state index in [1.165, 1.54) is 62.4 Å². The van der Waals surface area contributed by atoms with Crippen LogP contribution in [0.2, 0.25) is 0 Å². The topological polar surface area (TPSA) is 155 Å². The minimum Gasteiger partial charge on any atom is -0.872 e. The quantitative estimate of drug-likeness (QED) is 0.147. The van der Waals surface area contributed by atoms with E-state index in [4.69, 9.17) is 10.2 Å². The average molecular weight is 588 g/mol. The van der Waals surface area contributed by atoms with Crippen LogP contribution < -0.4 is 10.2 Å². The Morgan fingerprint density at radius 1 is 0.512 bits per heavy atom. The molecule has 0 aliphatic heterocycles. The number of phenols is 2. The molecule has 0 fully saturated rings. The predicted molar refractivity (Wildman–Crippen MR) is 147 cm³/mol. The first kappa shape index (κ1) is 36.2. The van der Waals surface area contributed by atoms with Crippen molar-refractivity contribution in [1.29, 1.82) is 0 Å². The third kappa shape index (κ3) is 17.4. The van der Waals surface area contributed by atoms with Crippen LogP contribution >= 0.6 is 0 Å². The van der Waals surface area contributed by atoms with E-state index in [1.807, 2.05) is 12.1 Å². The standard InChI is InChI=1S/2C10H9O2.2C6H6O2.Ti/c2*1-8(11)7-10(12)9-5-3-2-4-6-9;2*7-5-1-2-6(8)4-3-5;/h2*2-7H,1H3;2*1-4,7-8H;/q2*-1;;;/p-2. The first-order valence-electron chi connectivity index (χ1n) is 11.8. The molecular weight excluding hydrogens is 560 g/mol. The molecular formula is C32H28O8Ti-4. The van der Waals surface area contributed by atoms with E-state index in [2.05, 4.69) is 0 Å². The first-order valence-corrected chi connectivity index (χ1v) is 11.8. The van der Waals surface area contributed by atoms with Gasteiger partial charge in [-0.15, -0.1) is 59.7 Å². The second kappa shape index (κ2) is 20.2. The fraction of sp³-hybridized carbons (Fsp3) is 0.0625. The summed E-state index contributed by atoms with van der Waals surface area (Å²) in [5.41, 5.74) is 1.10. The van der Waals surface area contributed by atoms with Crippen LogP contribution in [0.15, 0.2) is 109 Å². The third-order valence-corrected chi connectivity index (χ3v) is 4.46. The molecule has 4 aromatic carbocycles. The molecule has 0 saturated carbocycles. The molecule has 2 N–H and O–H groups in total. The van der Waals surface area contributed by atoms with Crippen molar-refractivity contribution in [3.63, 3.8) is 0 Å². The van der Waals surface area contributed by atoms with E-state index in [9.17, 15) is 29.4 Å². The minimum absolute atomic E-state index is 0. The van der Waals surface area contributed by atoms with Crippen LogP contribution in [0, 0.1) is 12.8 Å². The number of phenolic OH excluding ortho intramolecular Hbond substituents is 2. The number of carbonyl (C=O) groups excluding carboxylic acids is 4. The Morgan fingerprint density at radius 2 is 0.780 bits per heavy atom. The fourth-order valence-corrected chi connectivity index (χ4v) is 2.63. The second-order valence-corrected chi connectivity index (χ2v) is 7.96. The van der Waals surface area contributed by atoms with Crippen molar-refractivity contribution in [2.75, 3.05) is 0 Å². The van der Waals surface area contributed by atoms with E-state index in [-0.39, 0.29) is 67.8 Å². The van der Waals surface area contributed by atoms with Gasteiger partial charge in [-0.2, -0.15) is 0 Å². The van der Waals surface area contributed by atoms with Crippen LogP contribution in [0.1, 0.15) is 34.6 Å². The largest absolute Gasteiger partial charge is 0.872 e. The number of aromatic hydroxyl groups is 2. The summed E-state index contributed by atoms with van der Waals surface area (Å²) in [5, 5.41) is 37.9. The molecule has 4 rings (SSSR count). The van der Waals surface area contributed by atoms with Gasteiger partial charge < -0.3 is 39.6 Å².